The van der Waals surface area contributed by atoms with E-state index in [0.717, 1.165) is 54.4 Å². The molecule has 1 N–H and O–H groups in total. The molecule has 4 nitrogen and oxygen atoms in total. The second-order valence-corrected chi connectivity index (χ2v) is 8.60. The number of nitrogens with zero attached hydrogens (tertiary/aromatic N) is 2. The zero-order chi connectivity index (χ0) is 18.6. The number of aryl methyl sites for hydroxylation is 1. The van der Waals surface area contributed by atoms with Crippen molar-refractivity contribution in [3.8, 4) is 5.75 Å². The molecule has 0 radical (unpaired) electrons. The Balaban J connectivity index is 1.58. The lowest BCUT2D eigenvalue weighted by molar-refractivity contribution is -0.888. The molecule has 1 atom stereocenters. The molecule has 3 aliphatic heterocycles. The summed E-state index contributed by atoms with van der Waals surface area (Å²) in [5.41, 5.74) is 4.48. The molecule has 5 rings (SSSR count). The van der Waals surface area contributed by atoms with E-state index < -0.39 is 0 Å². The molecule has 2 aromatic rings. The molecule has 140 valence electrons. The Bertz CT molecular complexity index is 900. The van der Waals surface area contributed by atoms with E-state index in [2.05, 4.69) is 49.3 Å². The van der Waals surface area contributed by atoms with Gasteiger partial charge in [-0.25, -0.2) is 5.01 Å². The van der Waals surface area contributed by atoms with Crippen LogP contribution in [0.3, 0.4) is 0 Å². The standard InChI is InChI=1S/C22H24ClN3O/c1-15-3-8-21-18(13-15)20-14-19(16-4-6-17(23)7-5-16)24-26(20)22(27-21)9-11-25(2)12-10-22/h3-8,13,20H,9-12,14H2,1-2H3/p+1/t20-/m1/s1. The average Bonchev–Trinajstić information content (AvgIpc) is 3.12. The van der Waals surface area contributed by atoms with Gasteiger partial charge in [-0.15, -0.1) is 0 Å². The van der Waals surface area contributed by atoms with Crippen molar-refractivity contribution in [3.63, 3.8) is 0 Å². The van der Waals surface area contributed by atoms with Crippen LogP contribution in [0, 0.1) is 6.92 Å². The fourth-order valence-electron chi connectivity index (χ4n) is 4.62. The summed E-state index contributed by atoms with van der Waals surface area (Å²) >= 11 is 6.08. The van der Waals surface area contributed by atoms with Crippen molar-refractivity contribution in [1.29, 1.82) is 0 Å². The lowest BCUT2D eigenvalue weighted by Gasteiger charge is -2.49. The Hall–Kier alpha value is -2.04. The van der Waals surface area contributed by atoms with Gasteiger partial charge in [-0.1, -0.05) is 41.4 Å². The van der Waals surface area contributed by atoms with Gasteiger partial charge in [0.15, 0.2) is 0 Å². The average molecular weight is 383 g/mol. The summed E-state index contributed by atoms with van der Waals surface area (Å²) in [5, 5.41) is 8.15. The molecular formula is C22H25ClN3O+. The zero-order valence-corrected chi connectivity index (χ0v) is 16.6. The third-order valence-corrected chi connectivity index (χ3v) is 6.47. The summed E-state index contributed by atoms with van der Waals surface area (Å²) in [4.78, 5) is 1.57. The molecule has 5 heteroatoms. The van der Waals surface area contributed by atoms with Crippen molar-refractivity contribution in [3.05, 3.63) is 64.2 Å². The van der Waals surface area contributed by atoms with Crippen LogP contribution < -0.4 is 9.64 Å². The third kappa shape index (κ3) is 2.82. The van der Waals surface area contributed by atoms with Crippen LogP contribution in [0.1, 0.15) is 42.0 Å². The molecule has 1 saturated heterocycles. The Morgan fingerprint density at radius 1 is 1.15 bits per heavy atom. The molecule has 1 spiro atoms. The number of fused-ring (bicyclic) bond motifs is 4. The number of rotatable bonds is 1. The van der Waals surface area contributed by atoms with Gasteiger partial charge in [-0.2, -0.15) is 5.10 Å². The molecule has 0 aliphatic carbocycles. The van der Waals surface area contributed by atoms with E-state index in [9.17, 15) is 0 Å². The molecule has 3 heterocycles. The van der Waals surface area contributed by atoms with E-state index in [0.29, 0.717) is 0 Å². The lowest BCUT2D eigenvalue weighted by Crippen LogP contribution is -3.11. The van der Waals surface area contributed by atoms with Crippen molar-refractivity contribution in [2.75, 3.05) is 20.1 Å². The second-order valence-electron chi connectivity index (χ2n) is 8.16. The molecule has 0 unspecified atom stereocenters. The molecule has 3 aliphatic rings. The highest BCUT2D eigenvalue weighted by atomic mass is 35.5. The summed E-state index contributed by atoms with van der Waals surface area (Å²) in [7, 11) is 2.26. The molecule has 0 saturated carbocycles. The quantitative estimate of drug-likeness (QED) is 0.820. The van der Waals surface area contributed by atoms with Crippen LogP contribution in [-0.2, 0) is 0 Å². The van der Waals surface area contributed by atoms with Gasteiger partial charge in [0.25, 0.3) is 0 Å². The summed E-state index contributed by atoms with van der Waals surface area (Å²) in [5.74, 6) is 1.04. The highest BCUT2D eigenvalue weighted by Gasteiger charge is 2.52. The lowest BCUT2D eigenvalue weighted by atomic mass is 9.90. The highest BCUT2D eigenvalue weighted by molar-refractivity contribution is 6.30. The predicted molar refractivity (Wildman–Crippen MR) is 108 cm³/mol. The van der Waals surface area contributed by atoms with Crippen molar-refractivity contribution in [2.45, 2.75) is 38.0 Å². The van der Waals surface area contributed by atoms with Gasteiger partial charge >= 0.3 is 0 Å². The summed E-state index contributed by atoms with van der Waals surface area (Å²) in [6, 6.07) is 14.8. The number of halogens is 1. The molecule has 0 amide bonds. The minimum Gasteiger partial charge on any atom is -0.466 e. The monoisotopic (exact) mass is 382 g/mol. The van der Waals surface area contributed by atoms with Crippen LogP contribution in [-0.4, -0.2) is 36.6 Å². The summed E-state index contributed by atoms with van der Waals surface area (Å²) < 4.78 is 6.67. The topological polar surface area (TPSA) is 29.3 Å². The van der Waals surface area contributed by atoms with Crippen molar-refractivity contribution < 1.29 is 9.64 Å². The zero-order valence-electron chi connectivity index (χ0n) is 15.8. The Kier molecular flexibility index (Phi) is 3.95. The van der Waals surface area contributed by atoms with Crippen LogP contribution in [0.2, 0.25) is 5.02 Å². The SMILES string of the molecule is Cc1ccc2c(c1)[C@H]1CC(c3ccc(Cl)cc3)=NN1C1(CC[NH+](C)CC1)O2. The minimum atomic E-state index is -0.319. The van der Waals surface area contributed by atoms with Gasteiger partial charge in [0, 0.05) is 17.0 Å². The van der Waals surface area contributed by atoms with Gasteiger partial charge in [-0.3, -0.25) is 0 Å². The first-order valence-corrected chi connectivity index (χ1v) is 10.2. The number of hydrogen-bond donors (Lipinski definition) is 1. The van der Waals surface area contributed by atoms with Gasteiger partial charge in [0.1, 0.15) is 5.75 Å². The van der Waals surface area contributed by atoms with Gasteiger partial charge in [0.2, 0.25) is 5.72 Å². The summed E-state index contributed by atoms with van der Waals surface area (Å²) in [6.45, 7) is 4.36. The fourth-order valence-corrected chi connectivity index (χ4v) is 4.74. The predicted octanol–water partition coefficient (Wildman–Crippen LogP) is 3.20. The van der Waals surface area contributed by atoms with Crippen LogP contribution in [0.25, 0.3) is 0 Å². The van der Waals surface area contributed by atoms with Gasteiger partial charge in [0.05, 0.1) is 44.7 Å². The normalized spacial score (nSPS) is 29.1. The Morgan fingerprint density at radius 3 is 2.63 bits per heavy atom. The molecule has 27 heavy (non-hydrogen) atoms. The maximum atomic E-state index is 6.67. The molecule has 1 fully saturated rings. The highest BCUT2D eigenvalue weighted by Crippen LogP contribution is 2.49. The number of likely N-dealkylation sites (tertiary alicyclic amines) is 1. The smallest absolute Gasteiger partial charge is 0.208 e. The first-order chi connectivity index (χ1) is 13.0. The molecule has 0 bridgehead atoms. The number of hydrogen-bond acceptors (Lipinski definition) is 3. The second kappa shape index (κ2) is 6.25. The maximum Gasteiger partial charge on any atom is 0.208 e. The van der Waals surface area contributed by atoms with Crippen LogP contribution in [0.4, 0.5) is 0 Å². The van der Waals surface area contributed by atoms with Crippen LogP contribution in [0.15, 0.2) is 47.6 Å². The van der Waals surface area contributed by atoms with E-state index in [1.807, 2.05) is 12.1 Å². The summed E-state index contributed by atoms with van der Waals surface area (Å²) in [6.07, 6.45) is 2.91. The first kappa shape index (κ1) is 17.1. The van der Waals surface area contributed by atoms with E-state index in [1.54, 1.807) is 4.90 Å². The number of nitrogens with one attached hydrogen (secondary N) is 1. The van der Waals surface area contributed by atoms with E-state index >= 15 is 0 Å². The molecule has 0 aromatic heterocycles. The molecular weight excluding hydrogens is 358 g/mol. The van der Waals surface area contributed by atoms with Gasteiger partial charge < -0.3 is 9.64 Å². The number of benzene rings is 2. The van der Waals surface area contributed by atoms with Crippen molar-refractivity contribution >= 4 is 17.3 Å². The van der Waals surface area contributed by atoms with Crippen LogP contribution >= 0.6 is 11.6 Å². The molecule has 2 aromatic carbocycles. The maximum absolute atomic E-state index is 6.67. The number of quaternary nitrogens is 1. The van der Waals surface area contributed by atoms with Gasteiger partial charge in [-0.05, 0) is 30.7 Å². The minimum absolute atomic E-state index is 0.248. The fraction of sp³-hybridized carbons (Fsp3) is 0.409. The third-order valence-electron chi connectivity index (χ3n) is 6.21. The Labute approximate surface area is 165 Å². The van der Waals surface area contributed by atoms with E-state index in [4.69, 9.17) is 21.4 Å². The van der Waals surface area contributed by atoms with Crippen LogP contribution in [0.5, 0.6) is 5.75 Å². The first-order valence-electron chi connectivity index (χ1n) is 9.78. The Morgan fingerprint density at radius 2 is 1.89 bits per heavy atom. The van der Waals surface area contributed by atoms with Crippen molar-refractivity contribution in [2.24, 2.45) is 5.10 Å². The van der Waals surface area contributed by atoms with E-state index in [1.165, 1.54) is 11.1 Å². The number of ether oxygens (including phenoxy) is 1. The van der Waals surface area contributed by atoms with Crippen molar-refractivity contribution in [1.82, 2.24) is 5.01 Å². The van der Waals surface area contributed by atoms with E-state index in [-0.39, 0.29) is 11.8 Å². The number of hydrazone groups is 1. The largest absolute Gasteiger partial charge is 0.466 e. The number of piperidine rings is 1.